The molecule has 1 aromatic carbocycles. The zero-order chi connectivity index (χ0) is 23.7. The lowest BCUT2D eigenvalue weighted by Gasteiger charge is -2.36. The van der Waals surface area contributed by atoms with Crippen LogP contribution < -0.4 is 34.5 Å². The number of hydrogen-bond acceptors (Lipinski definition) is 9. The van der Waals surface area contributed by atoms with E-state index in [1.807, 2.05) is 25.8 Å². The van der Waals surface area contributed by atoms with Crippen LogP contribution in [0.4, 0.5) is 17.5 Å². The molecule has 0 saturated heterocycles. The van der Waals surface area contributed by atoms with Crippen LogP contribution in [0.1, 0.15) is 25.5 Å². The summed E-state index contributed by atoms with van der Waals surface area (Å²) in [4.78, 5) is 23.2. The van der Waals surface area contributed by atoms with Gasteiger partial charge in [0.15, 0.2) is 17.3 Å². The van der Waals surface area contributed by atoms with Crippen molar-refractivity contribution in [1.82, 2.24) is 9.97 Å². The SMILES string of the molecule is COc1cc(OC[C@H]2C[C@@H](Nc3nc(C)c4c(n3)N(C)[C@@H](C)C(=O)N4)C2)cc(OC)c1OC. The number of benzene rings is 1. The molecule has 1 fully saturated rings. The molecular weight excluding hydrogens is 426 g/mol. The van der Waals surface area contributed by atoms with Crippen molar-refractivity contribution in [3.05, 3.63) is 17.8 Å². The van der Waals surface area contributed by atoms with Crippen molar-refractivity contribution in [2.24, 2.45) is 5.92 Å². The molecule has 1 aromatic heterocycles. The van der Waals surface area contributed by atoms with Crippen LogP contribution in [0.2, 0.25) is 0 Å². The van der Waals surface area contributed by atoms with Crippen LogP contribution in [0.3, 0.4) is 0 Å². The number of hydrogen-bond donors (Lipinski definition) is 2. The fourth-order valence-electron chi connectivity index (χ4n) is 4.14. The van der Waals surface area contributed by atoms with E-state index in [9.17, 15) is 4.79 Å². The summed E-state index contributed by atoms with van der Waals surface area (Å²) in [7, 11) is 6.61. The highest BCUT2D eigenvalue weighted by molar-refractivity contribution is 6.03. The van der Waals surface area contributed by atoms with Gasteiger partial charge in [0.2, 0.25) is 17.6 Å². The van der Waals surface area contributed by atoms with Crippen LogP contribution in [0.5, 0.6) is 23.0 Å². The maximum absolute atomic E-state index is 12.1. The van der Waals surface area contributed by atoms with Gasteiger partial charge >= 0.3 is 0 Å². The van der Waals surface area contributed by atoms with Gasteiger partial charge in [0.05, 0.1) is 33.6 Å². The Morgan fingerprint density at radius 3 is 2.39 bits per heavy atom. The Bertz CT molecular complexity index is 1020. The Hall–Kier alpha value is -3.43. The molecule has 1 atom stereocenters. The molecule has 1 saturated carbocycles. The third kappa shape index (κ3) is 4.42. The summed E-state index contributed by atoms with van der Waals surface area (Å²) in [6.07, 6.45) is 1.90. The topological polar surface area (TPSA) is 107 Å². The summed E-state index contributed by atoms with van der Waals surface area (Å²) in [5, 5.41) is 6.33. The zero-order valence-corrected chi connectivity index (χ0v) is 19.9. The van der Waals surface area contributed by atoms with Gasteiger partial charge in [-0.05, 0) is 32.6 Å². The van der Waals surface area contributed by atoms with Crippen molar-refractivity contribution >= 4 is 23.4 Å². The number of aromatic nitrogens is 2. The number of anilines is 3. The van der Waals surface area contributed by atoms with Gasteiger partial charge in [-0.25, -0.2) is 4.98 Å². The lowest BCUT2D eigenvalue weighted by atomic mass is 9.81. The molecule has 10 heteroatoms. The van der Waals surface area contributed by atoms with E-state index in [1.165, 1.54) is 0 Å². The van der Waals surface area contributed by atoms with E-state index in [0.717, 1.165) is 24.4 Å². The smallest absolute Gasteiger partial charge is 0.246 e. The number of nitrogens with zero attached hydrogens (tertiary/aromatic N) is 3. The van der Waals surface area contributed by atoms with E-state index in [1.54, 1.807) is 33.5 Å². The Labute approximate surface area is 193 Å². The number of methoxy groups -OCH3 is 3. The van der Waals surface area contributed by atoms with E-state index in [2.05, 4.69) is 20.6 Å². The van der Waals surface area contributed by atoms with Crippen LogP contribution >= 0.6 is 0 Å². The van der Waals surface area contributed by atoms with E-state index >= 15 is 0 Å². The first-order chi connectivity index (χ1) is 15.8. The van der Waals surface area contributed by atoms with Gasteiger partial charge in [-0.3, -0.25) is 4.79 Å². The van der Waals surface area contributed by atoms with Crippen LogP contribution in [0.25, 0.3) is 0 Å². The number of fused-ring (bicyclic) bond motifs is 1. The first-order valence-electron chi connectivity index (χ1n) is 11.0. The number of ether oxygens (including phenoxy) is 4. The van der Waals surface area contributed by atoms with Crippen LogP contribution in [0, 0.1) is 12.8 Å². The second-order valence-corrected chi connectivity index (χ2v) is 8.46. The van der Waals surface area contributed by atoms with Crippen molar-refractivity contribution in [2.45, 2.75) is 38.8 Å². The second kappa shape index (κ2) is 9.21. The highest BCUT2D eigenvalue weighted by atomic mass is 16.5. The van der Waals surface area contributed by atoms with Crippen molar-refractivity contribution in [2.75, 3.05) is 50.5 Å². The van der Waals surface area contributed by atoms with Crippen LogP contribution in [-0.2, 0) is 4.79 Å². The van der Waals surface area contributed by atoms with Gasteiger partial charge < -0.3 is 34.5 Å². The molecule has 1 aliphatic carbocycles. The molecular formula is C23H31N5O5. The first kappa shape index (κ1) is 22.8. The number of likely N-dealkylation sites (N-methyl/N-ethyl adjacent to an activating group) is 1. The maximum atomic E-state index is 12.1. The molecule has 2 aliphatic rings. The molecule has 178 valence electrons. The number of nitrogens with one attached hydrogen (secondary N) is 2. The average molecular weight is 458 g/mol. The molecule has 1 aliphatic heterocycles. The Balaban J connectivity index is 1.34. The van der Waals surface area contributed by atoms with E-state index in [0.29, 0.717) is 47.2 Å². The second-order valence-electron chi connectivity index (χ2n) is 8.46. The molecule has 4 rings (SSSR count). The van der Waals surface area contributed by atoms with Gasteiger partial charge in [0.25, 0.3) is 0 Å². The molecule has 0 bridgehead atoms. The third-order valence-corrected chi connectivity index (χ3v) is 6.31. The molecule has 2 heterocycles. The fraction of sp³-hybridized carbons (Fsp3) is 0.522. The van der Waals surface area contributed by atoms with Gasteiger partial charge in [-0.15, -0.1) is 0 Å². The van der Waals surface area contributed by atoms with Crippen molar-refractivity contribution in [3.8, 4) is 23.0 Å². The predicted molar refractivity (Wildman–Crippen MR) is 125 cm³/mol. The van der Waals surface area contributed by atoms with Crippen LogP contribution in [0.15, 0.2) is 12.1 Å². The third-order valence-electron chi connectivity index (χ3n) is 6.31. The maximum Gasteiger partial charge on any atom is 0.246 e. The molecule has 0 spiro atoms. The van der Waals surface area contributed by atoms with Gasteiger partial charge in [-0.1, -0.05) is 0 Å². The minimum Gasteiger partial charge on any atom is -0.493 e. The lowest BCUT2D eigenvalue weighted by Crippen LogP contribution is -2.45. The Kier molecular flexibility index (Phi) is 6.35. The van der Waals surface area contributed by atoms with Gasteiger partial charge in [0, 0.05) is 25.2 Å². The molecule has 1 amide bonds. The highest BCUT2D eigenvalue weighted by Gasteiger charge is 2.33. The number of rotatable bonds is 8. The molecule has 2 N–H and O–H groups in total. The standard InChI is InChI=1S/C23H31N5O5/c1-12-19-21(28(3)13(2)22(29)26-19)27-23(24-12)25-15-7-14(8-15)11-33-16-9-17(30-4)20(32-6)18(10-16)31-5/h9-10,13-15H,7-8,11H2,1-6H3,(H,26,29)(H,24,25,27)/t13-,14-,15+/m0/s1. The van der Waals surface area contributed by atoms with E-state index in [4.69, 9.17) is 18.9 Å². The summed E-state index contributed by atoms with van der Waals surface area (Å²) in [6.45, 7) is 4.32. The van der Waals surface area contributed by atoms with Crippen molar-refractivity contribution in [1.29, 1.82) is 0 Å². The van der Waals surface area contributed by atoms with Gasteiger partial charge in [-0.2, -0.15) is 4.98 Å². The first-order valence-corrected chi connectivity index (χ1v) is 11.0. The zero-order valence-electron chi connectivity index (χ0n) is 19.9. The molecule has 10 nitrogen and oxygen atoms in total. The monoisotopic (exact) mass is 457 g/mol. The quantitative estimate of drug-likeness (QED) is 0.619. The summed E-state index contributed by atoms with van der Waals surface area (Å²) in [6, 6.07) is 3.60. The minimum atomic E-state index is -0.278. The Morgan fingerprint density at radius 1 is 1.12 bits per heavy atom. The van der Waals surface area contributed by atoms with E-state index in [-0.39, 0.29) is 18.0 Å². The number of aryl methyl sites for hydroxylation is 1. The normalized spacial score (nSPS) is 21.5. The van der Waals surface area contributed by atoms with Crippen molar-refractivity contribution in [3.63, 3.8) is 0 Å². The number of amides is 1. The highest BCUT2D eigenvalue weighted by Crippen LogP contribution is 2.41. The van der Waals surface area contributed by atoms with Crippen LogP contribution in [-0.4, -0.2) is 62.9 Å². The van der Waals surface area contributed by atoms with E-state index < -0.39 is 0 Å². The Morgan fingerprint density at radius 2 is 1.79 bits per heavy atom. The molecule has 0 radical (unpaired) electrons. The summed E-state index contributed by atoms with van der Waals surface area (Å²) >= 11 is 0. The predicted octanol–water partition coefficient (Wildman–Crippen LogP) is 2.86. The largest absolute Gasteiger partial charge is 0.493 e. The lowest BCUT2D eigenvalue weighted by molar-refractivity contribution is -0.117. The molecule has 0 unspecified atom stereocenters. The molecule has 33 heavy (non-hydrogen) atoms. The summed E-state index contributed by atoms with van der Waals surface area (Å²) in [5.74, 6) is 4.03. The van der Waals surface area contributed by atoms with Gasteiger partial charge in [0.1, 0.15) is 17.5 Å². The summed E-state index contributed by atoms with van der Waals surface area (Å²) < 4.78 is 22.1. The van der Waals surface area contributed by atoms with Crippen molar-refractivity contribution < 1.29 is 23.7 Å². The average Bonchev–Trinajstić information content (AvgIpc) is 2.78. The number of carbonyl (C=O) groups is 1. The molecule has 2 aromatic rings. The number of carbonyl (C=O) groups excluding carboxylic acids is 1. The minimum absolute atomic E-state index is 0.0497. The summed E-state index contributed by atoms with van der Waals surface area (Å²) in [5.41, 5.74) is 1.42. The fourth-order valence-corrected chi connectivity index (χ4v) is 4.14.